The van der Waals surface area contributed by atoms with Crippen molar-refractivity contribution in [1.82, 2.24) is 4.90 Å². The molecule has 1 aromatic carbocycles. The first-order chi connectivity index (χ1) is 8.22. The highest BCUT2D eigenvalue weighted by molar-refractivity contribution is 6.31. The molecule has 0 aromatic heterocycles. The van der Waals surface area contributed by atoms with Gasteiger partial charge in [-0.05, 0) is 25.3 Å². The lowest BCUT2D eigenvalue weighted by atomic mass is 10.0. The number of hydrogen-bond acceptors (Lipinski definition) is 2. The van der Waals surface area contributed by atoms with E-state index >= 15 is 0 Å². The topological polar surface area (TPSA) is 15.6 Å². The fourth-order valence-electron chi connectivity index (χ4n) is 3.40. The maximum absolute atomic E-state index is 13.3. The Labute approximate surface area is 104 Å². The molecule has 2 bridgehead atoms. The number of hydrogen-bond donors (Lipinski definition) is 0. The standard InChI is InChI=1S/C13H12ClFN2/c14-11-4-8(15)5-12-10(11)6-17-9-2-1-7(3-9)13(17)16-12/h4-5,7,9H,1-3,6H2. The van der Waals surface area contributed by atoms with Crippen molar-refractivity contribution in [2.75, 3.05) is 0 Å². The zero-order valence-corrected chi connectivity index (χ0v) is 10.0. The van der Waals surface area contributed by atoms with Gasteiger partial charge in [-0.15, -0.1) is 0 Å². The zero-order valence-electron chi connectivity index (χ0n) is 9.29. The second kappa shape index (κ2) is 3.22. The molecule has 1 aromatic rings. The maximum atomic E-state index is 13.3. The SMILES string of the molecule is Fc1cc(Cl)c2c(c1)N=C1C3CCC(C3)N1C2. The van der Waals surface area contributed by atoms with Crippen LogP contribution in [0.15, 0.2) is 17.1 Å². The number of fused-ring (bicyclic) bond motifs is 6. The normalized spacial score (nSPS) is 29.1. The molecule has 2 unspecified atom stereocenters. The summed E-state index contributed by atoms with van der Waals surface area (Å²) in [5.74, 6) is 1.46. The summed E-state index contributed by atoms with van der Waals surface area (Å²) >= 11 is 6.10. The molecule has 17 heavy (non-hydrogen) atoms. The predicted molar refractivity (Wildman–Crippen MR) is 65.2 cm³/mol. The maximum Gasteiger partial charge on any atom is 0.126 e. The summed E-state index contributed by atoms with van der Waals surface area (Å²) in [6.45, 7) is 0.800. The van der Waals surface area contributed by atoms with Crippen LogP contribution >= 0.6 is 11.6 Å². The Morgan fingerprint density at radius 2 is 2.24 bits per heavy atom. The van der Waals surface area contributed by atoms with Gasteiger partial charge in [0.1, 0.15) is 11.7 Å². The van der Waals surface area contributed by atoms with Crippen LogP contribution in [0.3, 0.4) is 0 Å². The summed E-state index contributed by atoms with van der Waals surface area (Å²) in [6, 6.07) is 3.51. The summed E-state index contributed by atoms with van der Waals surface area (Å²) < 4.78 is 13.3. The van der Waals surface area contributed by atoms with Gasteiger partial charge in [0.25, 0.3) is 0 Å². The number of rotatable bonds is 0. The second-order valence-corrected chi connectivity index (χ2v) is 5.55. The molecule has 88 valence electrons. The summed E-state index contributed by atoms with van der Waals surface area (Å²) in [4.78, 5) is 6.99. The van der Waals surface area contributed by atoms with Gasteiger partial charge >= 0.3 is 0 Å². The van der Waals surface area contributed by atoms with E-state index in [1.807, 2.05) is 0 Å². The van der Waals surface area contributed by atoms with E-state index in [2.05, 4.69) is 9.89 Å². The Bertz CT molecular complexity index is 540. The summed E-state index contributed by atoms with van der Waals surface area (Å²) in [6.07, 6.45) is 3.71. The molecule has 2 atom stereocenters. The van der Waals surface area contributed by atoms with E-state index in [9.17, 15) is 4.39 Å². The molecule has 1 saturated heterocycles. The molecular formula is C13H12ClFN2. The molecule has 4 rings (SSSR count). The van der Waals surface area contributed by atoms with Gasteiger partial charge in [-0.25, -0.2) is 9.38 Å². The zero-order chi connectivity index (χ0) is 11.6. The summed E-state index contributed by atoms with van der Waals surface area (Å²) in [5.41, 5.74) is 1.71. The van der Waals surface area contributed by atoms with Crippen LogP contribution in [-0.2, 0) is 6.54 Å². The van der Waals surface area contributed by atoms with E-state index in [0.29, 0.717) is 17.0 Å². The van der Waals surface area contributed by atoms with Gasteiger partial charge in [0.15, 0.2) is 0 Å². The van der Waals surface area contributed by atoms with Crippen molar-refractivity contribution in [3.05, 3.63) is 28.5 Å². The molecule has 2 nitrogen and oxygen atoms in total. The van der Waals surface area contributed by atoms with Crippen molar-refractivity contribution in [3.8, 4) is 0 Å². The minimum Gasteiger partial charge on any atom is -0.352 e. The first kappa shape index (κ1) is 9.89. The second-order valence-electron chi connectivity index (χ2n) is 5.15. The molecular weight excluding hydrogens is 239 g/mol. The first-order valence-corrected chi connectivity index (χ1v) is 6.43. The van der Waals surface area contributed by atoms with Crippen LogP contribution in [0.4, 0.5) is 10.1 Å². The van der Waals surface area contributed by atoms with Gasteiger partial charge in [0, 0.05) is 30.1 Å². The van der Waals surface area contributed by atoms with E-state index in [1.165, 1.54) is 31.4 Å². The number of amidine groups is 1. The van der Waals surface area contributed by atoms with E-state index in [4.69, 9.17) is 11.6 Å². The van der Waals surface area contributed by atoms with Gasteiger partial charge in [-0.1, -0.05) is 11.6 Å². The van der Waals surface area contributed by atoms with Crippen LogP contribution in [0, 0.1) is 11.7 Å². The molecule has 0 amide bonds. The summed E-state index contributed by atoms with van der Waals surface area (Å²) in [5, 5.41) is 0.505. The lowest BCUT2D eigenvalue weighted by molar-refractivity contribution is 0.317. The third-order valence-corrected chi connectivity index (χ3v) is 4.54. The molecule has 1 saturated carbocycles. The Kier molecular flexibility index (Phi) is 1.88. The molecule has 0 spiro atoms. The van der Waals surface area contributed by atoms with E-state index < -0.39 is 0 Å². The molecule has 0 radical (unpaired) electrons. The van der Waals surface area contributed by atoms with Gasteiger partial charge < -0.3 is 4.90 Å². The summed E-state index contributed by atoms with van der Waals surface area (Å²) in [7, 11) is 0. The Morgan fingerprint density at radius 1 is 1.35 bits per heavy atom. The van der Waals surface area contributed by atoms with Crippen molar-refractivity contribution in [2.24, 2.45) is 10.9 Å². The van der Waals surface area contributed by atoms with E-state index in [0.717, 1.165) is 23.6 Å². The monoisotopic (exact) mass is 250 g/mol. The molecule has 2 aliphatic heterocycles. The highest BCUT2D eigenvalue weighted by atomic mass is 35.5. The number of halogens is 2. The van der Waals surface area contributed by atoms with Crippen LogP contribution in [0.5, 0.6) is 0 Å². The van der Waals surface area contributed by atoms with Crippen LogP contribution in [0.2, 0.25) is 5.02 Å². The minimum atomic E-state index is -0.297. The third kappa shape index (κ3) is 1.29. The number of aliphatic imine (C=N–C) groups is 1. The fourth-order valence-corrected chi connectivity index (χ4v) is 3.66. The lowest BCUT2D eigenvalue weighted by Gasteiger charge is -2.34. The van der Waals surface area contributed by atoms with Gasteiger partial charge in [0.2, 0.25) is 0 Å². The highest BCUT2D eigenvalue weighted by Crippen LogP contribution is 2.45. The van der Waals surface area contributed by atoms with Gasteiger partial charge in [-0.2, -0.15) is 0 Å². The smallest absolute Gasteiger partial charge is 0.126 e. The number of benzene rings is 1. The van der Waals surface area contributed by atoms with Crippen molar-refractivity contribution in [2.45, 2.75) is 31.8 Å². The van der Waals surface area contributed by atoms with Crippen LogP contribution < -0.4 is 0 Å². The van der Waals surface area contributed by atoms with Crippen molar-refractivity contribution >= 4 is 23.1 Å². The van der Waals surface area contributed by atoms with Crippen LogP contribution in [-0.4, -0.2) is 16.8 Å². The van der Waals surface area contributed by atoms with E-state index in [1.54, 1.807) is 0 Å². The van der Waals surface area contributed by atoms with Crippen molar-refractivity contribution in [3.63, 3.8) is 0 Å². The molecule has 3 aliphatic rings. The Balaban J connectivity index is 1.87. The van der Waals surface area contributed by atoms with E-state index in [-0.39, 0.29) is 5.82 Å². The molecule has 2 heterocycles. The highest BCUT2D eigenvalue weighted by Gasteiger charge is 2.44. The lowest BCUT2D eigenvalue weighted by Crippen LogP contribution is -2.38. The fraction of sp³-hybridized carbons (Fsp3) is 0.462. The molecule has 2 fully saturated rings. The molecule has 1 aliphatic carbocycles. The van der Waals surface area contributed by atoms with Gasteiger partial charge in [0.05, 0.1) is 10.7 Å². The first-order valence-electron chi connectivity index (χ1n) is 6.05. The predicted octanol–water partition coefficient (Wildman–Crippen LogP) is 3.51. The van der Waals surface area contributed by atoms with Crippen molar-refractivity contribution in [1.29, 1.82) is 0 Å². The minimum absolute atomic E-state index is 0.297. The number of nitrogens with zero attached hydrogens (tertiary/aromatic N) is 2. The Morgan fingerprint density at radius 3 is 3.12 bits per heavy atom. The van der Waals surface area contributed by atoms with Gasteiger partial charge in [-0.3, -0.25) is 0 Å². The average Bonchev–Trinajstić information content (AvgIpc) is 2.87. The quantitative estimate of drug-likeness (QED) is 0.688. The Hall–Kier alpha value is -1.09. The molecule has 0 N–H and O–H groups in total. The van der Waals surface area contributed by atoms with Crippen LogP contribution in [0.1, 0.15) is 24.8 Å². The molecule has 4 heteroatoms. The third-order valence-electron chi connectivity index (χ3n) is 4.21. The average molecular weight is 251 g/mol. The number of piperidine rings is 1. The van der Waals surface area contributed by atoms with Crippen LogP contribution in [0.25, 0.3) is 0 Å². The largest absolute Gasteiger partial charge is 0.352 e. The van der Waals surface area contributed by atoms with Crippen molar-refractivity contribution < 1.29 is 4.39 Å².